The molecule has 0 rings (SSSR count). The van der Waals surface area contributed by atoms with Gasteiger partial charge in [0.25, 0.3) is 0 Å². The van der Waals surface area contributed by atoms with Gasteiger partial charge in [-0.3, -0.25) is 0 Å². The maximum Gasteiger partial charge on any atom is 0.684 e. The predicted molar refractivity (Wildman–Crippen MR) is 50.1 cm³/mol. The third kappa shape index (κ3) is 3.89. The van der Waals surface area contributed by atoms with E-state index in [9.17, 15) is 0 Å². The van der Waals surface area contributed by atoms with Crippen LogP contribution in [-0.2, 0) is 14.5 Å². The number of nitrogens with zero attached hydrogens (tertiary/aromatic N) is 3. The lowest BCUT2D eigenvalue weighted by Gasteiger charge is -2.31. The first-order valence-corrected chi connectivity index (χ1v) is 5.44. The van der Waals surface area contributed by atoms with Crippen LogP contribution in [0.2, 0.25) is 0 Å². The van der Waals surface area contributed by atoms with Gasteiger partial charge in [-0.1, -0.05) is 0 Å². The lowest BCUT2D eigenvalue weighted by atomic mass is 11.5. The van der Waals surface area contributed by atoms with Crippen LogP contribution in [0.25, 0.3) is 0 Å². The highest BCUT2D eigenvalue weighted by molar-refractivity contribution is 6.47. The topological polar surface area (TPSA) is 37.4 Å². The van der Waals surface area contributed by atoms with Crippen molar-refractivity contribution < 1.29 is 14.5 Å². The van der Waals surface area contributed by atoms with E-state index < -0.39 is 14.8 Å². The van der Waals surface area contributed by atoms with Crippen LogP contribution in [-0.4, -0.2) is 69.4 Å². The van der Waals surface area contributed by atoms with Gasteiger partial charge in [-0.2, -0.15) is 0 Å². The van der Waals surface area contributed by atoms with E-state index in [1.165, 1.54) is 0 Å². The Morgan fingerprint density at radius 2 is 0.923 bits per heavy atom. The molecule has 0 spiro atoms. The van der Waals surface area contributed by atoms with Crippen molar-refractivity contribution in [2.24, 2.45) is 0 Å². The molecule has 6 nitrogen and oxygen atoms in total. The molecule has 0 atom stereocenters. The summed E-state index contributed by atoms with van der Waals surface area (Å²) in [5, 5.41) is 0. The van der Waals surface area contributed by atoms with E-state index in [2.05, 4.69) is 0 Å². The van der Waals surface area contributed by atoms with Crippen LogP contribution in [0.4, 0.5) is 0 Å². The van der Waals surface area contributed by atoms with Crippen LogP contribution in [0, 0.1) is 0 Å². The van der Waals surface area contributed by atoms with E-state index in [0.717, 1.165) is 0 Å². The van der Waals surface area contributed by atoms with Crippen molar-refractivity contribution in [1.29, 1.82) is 0 Å². The first-order chi connectivity index (χ1) is 6.08. The van der Waals surface area contributed by atoms with Crippen LogP contribution in [0.15, 0.2) is 0 Å². The highest BCUT2D eigenvalue weighted by Gasteiger charge is 2.39. The zero-order valence-electron chi connectivity index (χ0n) is 9.14. The summed E-state index contributed by atoms with van der Waals surface area (Å²) in [6.45, 7) is 0. The summed E-state index contributed by atoms with van der Waals surface area (Å²) >= 11 is -1.68. The van der Waals surface area contributed by atoms with Gasteiger partial charge in [0.2, 0.25) is 0 Å². The normalized spacial score (nSPS) is 11.8. The summed E-state index contributed by atoms with van der Waals surface area (Å²) in [6, 6.07) is 0. The van der Waals surface area contributed by atoms with Crippen molar-refractivity contribution >= 4 is 14.8 Å². The monoisotopic (exact) mass is 207 g/mol. The van der Waals surface area contributed by atoms with Gasteiger partial charge >= 0.3 is 14.8 Å². The summed E-state index contributed by atoms with van der Waals surface area (Å²) in [5.41, 5.74) is 0. The zero-order chi connectivity index (χ0) is 10.4. The maximum atomic E-state index is 5.11. The Bertz CT molecular complexity index is 117. The highest BCUT2D eigenvalue weighted by Crippen LogP contribution is 2.01. The van der Waals surface area contributed by atoms with Crippen molar-refractivity contribution in [2.45, 2.75) is 0 Å². The Kier molecular flexibility index (Phi) is 6.85. The van der Waals surface area contributed by atoms with E-state index >= 15 is 0 Å². The summed E-state index contributed by atoms with van der Waals surface area (Å²) < 4.78 is 5.23. The molecular weight excluding hydrogens is 189 g/mol. The van der Waals surface area contributed by atoms with Crippen molar-refractivity contribution in [1.82, 2.24) is 12.1 Å². The third-order valence-electron chi connectivity index (χ3n) is 1.84. The standard InChI is InChI=1S/3C2H6NO.Al/c3*1-3-4-2;/h3*1-2H3;/q3*-1;+3. The van der Waals surface area contributed by atoms with Crippen LogP contribution < -0.4 is 0 Å². The fourth-order valence-electron chi connectivity index (χ4n) is 0.970. The van der Waals surface area contributed by atoms with Gasteiger partial charge in [-0.05, 0) is 21.1 Å². The van der Waals surface area contributed by atoms with Gasteiger partial charge in [0.15, 0.2) is 0 Å². The van der Waals surface area contributed by atoms with Crippen molar-refractivity contribution in [3.63, 3.8) is 0 Å². The molecule has 0 amide bonds. The summed E-state index contributed by atoms with van der Waals surface area (Å²) in [6.07, 6.45) is 0. The number of rotatable bonds is 6. The number of hydrogen-bond donors (Lipinski definition) is 0. The molecule has 0 aromatic heterocycles. The first kappa shape index (κ1) is 13.3. The van der Waals surface area contributed by atoms with Crippen molar-refractivity contribution in [2.75, 3.05) is 42.5 Å². The molecule has 0 aliphatic rings. The second-order valence-corrected chi connectivity index (χ2v) is 5.41. The fraction of sp³-hybridized carbons (Fsp3) is 1.00. The summed E-state index contributed by atoms with van der Waals surface area (Å²) in [4.78, 5) is 15.3. The van der Waals surface area contributed by atoms with Crippen LogP contribution in [0.3, 0.4) is 0 Å². The Morgan fingerprint density at radius 1 is 0.692 bits per heavy atom. The number of hydroxylamine groups is 3. The molecule has 0 heterocycles. The van der Waals surface area contributed by atoms with Crippen molar-refractivity contribution in [3.8, 4) is 0 Å². The minimum absolute atomic E-state index is 1.62. The maximum absolute atomic E-state index is 5.11. The van der Waals surface area contributed by atoms with E-state index in [1.807, 2.05) is 21.1 Å². The van der Waals surface area contributed by atoms with Crippen LogP contribution in [0.1, 0.15) is 0 Å². The molecule has 0 aliphatic heterocycles. The molecule has 0 aromatic carbocycles. The lowest BCUT2D eigenvalue weighted by molar-refractivity contribution is -0.144. The van der Waals surface area contributed by atoms with E-state index in [-0.39, 0.29) is 0 Å². The second kappa shape index (κ2) is 6.70. The molecule has 0 fully saturated rings. The predicted octanol–water partition coefficient (Wildman–Crippen LogP) is -0.549. The average molecular weight is 207 g/mol. The number of hydrogen-bond acceptors (Lipinski definition) is 6. The Labute approximate surface area is 84.5 Å². The first-order valence-electron chi connectivity index (χ1n) is 3.89. The smallest absolute Gasteiger partial charge is 0.322 e. The second-order valence-electron chi connectivity index (χ2n) is 2.53. The molecule has 7 heteroatoms. The van der Waals surface area contributed by atoms with Gasteiger partial charge in [-0.25, -0.2) is 12.1 Å². The minimum Gasteiger partial charge on any atom is -0.322 e. The van der Waals surface area contributed by atoms with E-state index in [1.54, 1.807) is 33.5 Å². The largest absolute Gasteiger partial charge is 0.684 e. The Balaban J connectivity index is 4.34. The van der Waals surface area contributed by atoms with Gasteiger partial charge in [0, 0.05) is 0 Å². The van der Waals surface area contributed by atoms with Gasteiger partial charge in [0.05, 0.1) is 21.3 Å². The zero-order valence-corrected chi connectivity index (χ0v) is 10.3. The molecular formula is C6H18AlN3O3. The van der Waals surface area contributed by atoms with Gasteiger partial charge in [0.1, 0.15) is 0 Å². The van der Waals surface area contributed by atoms with E-state index in [0.29, 0.717) is 0 Å². The van der Waals surface area contributed by atoms with Gasteiger partial charge < -0.3 is 14.5 Å². The molecule has 0 saturated heterocycles. The highest BCUT2D eigenvalue weighted by atomic mass is 27.2. The molecule has 0 bridgehead atoms. The van der Waals surface area contributed by atoms with Crippen LogP contribution in [0.5, 0.6) is 0 Å². The SMILES string of the molecule is CO[N](C)[Al]([N](C)OC)[N](C)OC. The quantitative estimate of drug-likeness (QED) is 0.430. The van der Waals surface area contributed by atoms with Crippen LogP contribution >= 0.6 is 0 Å². The molecule has 78 valence electrons. The Hall–Kier alpha value is 0.292. The fourth-order valence-corrected chi connectivity index (χ4v) is 2.91. The Morgan fingerprint density at radius 3 is 1.08 bits per heavy atom. The average Bonchev–Trinajstić information content (AvgIpc) is 2.16. The molecule has 0 unspecified atom stereocenters. The summed E-state index contributed by atoms with van der Waals surface area (Å²) in [5.74, 6) is 0. The molecule has 13 heavy (non-hydrogen) atoms. The minimum atomic E-state index is -1.68. The summed E-state index contributed by atoms with van der Waals surface area (Å²) in [7, 11) is 10.4. The lowest BCUT2D eigenvalue weighted by Crippen LogP contribution is -2.58. The molecule has 0 N–H and O–H groups in total. The third-order valence-corrected chi connectivity index (χ3v) is 4.42. The van der Waals surface area contributed by atoms with Gasteiger partial charge in [-0.15, -0.1) is 0 Å². The van der Waals surface area contributed by atoms with Crippen molar-refractivity contribution in [3.05, 3.63) is 0 Å². The van der Waals surface area contributed by atoms with E-state index in [4.69, 9.17) is 14.5 Å². The molecule has 0 saturated carbocycles. The molecule has 0 aliphatic carbocycles. The molecule has 0 radical (unpaired) electrons. The molecule has 0 aromatic rings.